The topological polar surface area (TPSA) is 51.2 Å². The van der Waals surface area contributed by atoms with E-state index in [1.54, 1.807) is 43.3 Å². The van der Waals surface area contributed by atoms with Crippen LogP contribution >= 0.6 is 0 Å². The molecule has 0 amide bonds. The minimum atomic E-state index is -4.45. The molecule has 0 saturated carbocycles. The van der Waals surface area contributed by atoms with Crippen molar-refractivity contribution < 1.29 is 22.7 Å². The summed E-state index contributed by atoms with van der Waals surface area (Å²) in [7, 11) is 0. The molecule has 142 valence electrons. The molecule has 0 unspecified atom stereocenters. The summed E-state index contributed by atoms with van der Waals surface area (Å²) in [6.07, 6.45) is -4.45. The Hall–Kier alpha value is -3.48. The van der Waals surface area contributed by atoms with Crippen LogP contribution in [0.2, 0.25) is 0 Å². The molecule has 4 aromatic rings. The summed E-state index contributed by atoms with van der Waals surface area (Å²) in [6, 6.07) is 16.7. The third-order valence-corrected chi connectivity index (χ3v) is 4.28. The minimum absolute atomic E-state index is 0.114. The number of halogens is 3. The Kier molecular flexibility index (Phi) is 4.22. The largest absolute Gasteiger partial charge is 0.508 e. The number of benzene rings is 2. The van der Waals surface area contributed by atoms with Crippen molar-refractivity contribution in [2.45, 2.75) is 13.1 Å². The van der Waals surface area contributed by atoms with Crippen LogP contribution in [0.4, 0.5) is 13.2 Å². The van der Waals surface area contributed by atoms with Crippen LogP contribution in [0.15, 0.2) is 71.1 Å². The molecule has 0 saturated heterocycles. The molecule has 4 nitrogen and oxygen atoms in total. The number of hydrogen-bond donors (Lipinski definition) is 1. The van der Waals surface area contributed by atoms with Gasteiger partial charge >= 0.3 is 6.18 Å². The molecule has 2 aromatic carbocycles. The fourth-order valence-corrected chi connectivity index (χ4v) is 2.91. The highest BCUT2D eigenvalue weighted by Gasteiger charge is 2.31. The Bertz CT molecular complexity index is 1130. The molecule has 7 heteroatoms. The van der Waals surface area contributed by atoms with E-state index < -0.39 is 11.7 Å². The highest BCUT2D eigenvalue weighted by molar-refractivity contribution is 5.68. The summed E-state index contributed by atoms with van der Waals surface area (Å²) in [4.78, 5) is 0. The summed E-state index contributed by atoms with van der Waals surface area (Å²) in [5.41, 5.74) is 1.29. The number of hydrogen-bond acceptors (Lipinski definition) is 3. The number of nitrogens with zero attached hydrogens (tertiary/aromatic N) is 2. The number of alkyl halides is 3. The van der Waals surface area contributed by atoms with Crippen LogP contribution in [-0.2, 0) is 6.18 Å². The highest BCUT2D eigenvalue weighted by atomic mass is 19.4. The van der Waals surface area contributed by atoms with Gasteiger partial charge in [-0.3, -0.25) is 0 Å². The van der Waals surface area contributed by atoms with Gasteiger partial charge in [-0.2, -0.15) is 18.3 Å². The second kappa shape index (κ2) is 6.60. The SMILES string of the molecule is Cc1ccc(-c2cc(-c3ccc(O)cc3)nn2-c2cccc(C(F)(F)F)c2)o1. The minimum Gasteiger partial charge on any atom is -0.508 e. The molecule has 28 heavy (non-hydrogen) atoms. The Morgan fingerprint density at radius 3 is 2.36 bits per heavy atom. The Balaban J connectivity index is 1.89. The van der Waals surface area contributed by atoms with Crippen molar-refractivity contribution in [3.63, 3.8) is 0 Å². The van der Waals surface area contributed by atoms with Gasteiger partial charge in [0.25, 0.3) is 0 Å². The van der Waals surface area contributed by atoms with E-state index >= 15 is 0 Å². The van der Waals surface area contributed by atoms with Gasteiger partial charge < -0.3 is 9.52 Å². The third kappa shape index (κ3) is 3.38. The first kappa shape index (κ1) is 17.9. The van der Waals surface area contributed by atoms with E-state index in [1.807, 2.05) is 0 Å². The quantitative estimate of drug-likeness (QED) is 0.483. The number of aryl methyl sites for hydroxylation is 1. The summed E-state index contributed by atoms with van der Waals surface area (Å²) in [5, 5.41) is 14.0. The molecule has 0 aliphatic heterocycles. The van der Waals surface area contributed by atoms with Gasteiger partial charge in [0.05, 0.1) is 16.9 Å². The number of rotatable bonds is 3. The molecule has 1 N–H and O–H groups in total. The number of phenols is 1. The van der Waals surface area contributed by atoms with Crippen LogP contribution < -0.4 is 0 Å². The second-order valence-electron chi connectivity index (χ2n) is 6.33. The average Bonchev–Trinajstić information content (AvgIpc) is 3.28. The fraction of sp³-hybridized carbons (Fsp3) is 0.0952. The van der Waals surface area contributed by atoms with Crippen molar-refractivity contribution in [2.75, 3.05) is 0 Å². The van der Waals surface area contributed by atoms with Gasteiger partial charge in [-0.15, -0.1) is 0 Å². The molecule has 2 aromatic heterocycles. The lowest BCUT2D eigenvalue weighted by Gasteiger charge is -2.10. The van der Waals surface area contributed by atoms with Crippen molar-refractivity contribution >= 4 is 0 Å². The molecule has 0 fully saturated rings. The lowest BCUT2D eigenvalue weighted by atomic mass is 10.1. The Morgan fingerprint density at radius 1 is 0.964 bits per heavy atom. The van der Waals surface area contributed by atoms with Crippen molar-refractivity contribution in [2.24, 2.45) is 0 Å². The molecular formula is C21H15F3N2O2. The van der Waals surface area contributed by atoms with Crippen LogP contribution in [0.5, 0.6) is 5.75 Å². The molecule has 4 rings (SSSR count). The van der Waals surface area contributed by atoms with E-state index in [2.05, 4.69) is 5.10 Å². The van der Waals surface area contributed by atoms with E-state index in [-0.39, 0.29) is 11.4 Å². The predicted octanol–water partition coefficient (Wildman–Crippen LogP) is 5.83. The van der Waals surface area contributed by atoms with Crippen LogP contribution in [0.25, 0.3) is 28.4 Å². The zero-order chi connectivity index (χ0) is 19.9. The van der Waals surface area contributed by atoms with Crippen LogP contribution in [0.1, 0.15) is 11.3 Å². The van der Waals surface area contributed by atoms with Gasteiger partial charge in [-0.1, -0.05) is 6.07 Å². The number of aromatic nitrogens is 2. The summed E-state index contributed by atoms with van der Waals surface area (Å²) < 4.78 is 46.5. The van der Waals surface area contributed by atoms with Gasteiger partial charge in [-0.25, -0.2) is 4.68 Å². The summed E-state index contributed by atoms with van der Waals surface area (Å²) >= 11 is 0. The molecule has 0 atom stereocenters. The van der Waals surface area contributed by atoms with Crippen molar-refractivity contribution in [3.8, 4) is 34.1 Å². The van der Waals surface area contributed by atoms with E-state index in [4.69, 9.17) is 4.42 Å². The summed E-state index contributed by atoms with van der Waals surface area (Å²) in [5.74, 6) is 1.29. The first-order chi connectivity index (χ1) is 13.3. The van der Waals surface area contributed by atoms with Crippen molar-refractivity contribution in [1.82, 2.24) is 9.78 Å². The van der Waals surface area contributed by atoms with Gasteiger partial charge in [0, 0.05) is 5.56 Å². The van der Waals surface area contributed by atoms with Crippen molar-refractivity contribution in [3.05, 3.63) is 78.1 Å². The van der Waals surface area contributed by atoms with E-state index in [1.165, 1.54) is 22.9 Å². The van der Waals surface area contributed by atoms with Gasteiger partial charge in [0.2, 0.25) is 0 Å². The maximum atomic E-state index is 13.1. The second-order valence-corrected chi connectivity index (χ2v) is 6.33. The monoisotopic (exact) mass is 384 g/mol. The normalized spacial score (nSPS) is 11.7. The fourth-order valence-electron chi connectivity index (χ4n) is 2.91. The van der Waals surface area contributed by atoms with Crippen LogP contribution in [0.3, 0.4) is 0 Å². The molecule has 0 bridgehead atoms. The molecule has 2 heterocycles. The smallest absolute Gasteiger partial charge is 0.416 e. The third-order valence-electron chi connectivity index (χ3n) is 4.28. The molecule has 0 radical (unpaired) electrons. The molecular weight excluding hydrogens is 369 g/mol. The van der Waals surface area contributed by atoms with E-state index in [0.717, 1.165) is 12.1 Å². The standard InChI is InChI=1S/C21H15F3N2O2/c1-13-5-10-20(28-13)19-12-18(14-6-8-17(27)9-7-14)25-26(19)16-4-2-3-15(11-16)21(22,23)24/h2-12,27H,1H3. The van der Waals surface area contributed by atoms with Gasteiger partial charge in [0.1, 0.15) is 17.2 Å². The lowest BCUT2D eigenvalue weighted by Crippen LogP contribution is -2.07. The maximum absolute atomic E-state index is 13.1. The number of furan rings is 1. The van der Waals surface area contributed by atoms with Crippen molar-refractivity contribution in [1.29, 1.82) is 0 Å². The zero-order valence-electron chi connectivity index (χ0n) is 14.7. The Morgan fingerprint density at radius 2 is 1.71 bits per heavy atom. The lowest BCUT2D eigenvalue weighted by molar-refractivity contribution is -0.137. The number of aromatic hydroxyl groups is 1. The summed E-state index contributed by atoms with van der Waals surface area (Å²) in [6.45, 7) is 1.79. The first-order valence-electron chi connectivity index (χ1n) is 8.45. The molecule has 0 aliphatic carbocycles. The molecule has 0 spiro atoms. The van der Waals surface area contributed by atoms with Crippen LogP contribution in [0, 0.1) is 6.92 Å². The van der Waals surface area contributed by atoms with Gasteiger partial charge in [-0.05, 0) is 67.6 Å². The van der Waals surface area contributed by atoms with E-state index in [0.29, 0.717) is 28.5 Å². The highest BCUT2D eigenvalue weighted by Crippen LogP contribution is 2.33. The van der Waals surface area contributed by atoms with Gasteiger partial charge in [0.15, 0.2) is 5.76 Å². The molecule has 0 aliphatic rings. The maximum Gasteiger partial charge on any atom is 0.416 e. The number of phenolic OH excluding ortho intramolecular Hbond substituents is 1. The first-order valence-corrected chi connectivity index (χ1v) is 8.45. The zero-order valence-corrected chi connectivity index (χ0v) is 14.7. The average molecular weight is 384 g/mol. The van der Waals surface area contributed by atoms with Crippen LogP contribution in [-0.4, -0.2) is 14.9 Å². The Labute approximate surface area is 158 Å². The van der Waals surface area contributed by atoms with E-state index in [9.17, 15) is 18.3 Å². The predicted molar refractivity (Wildman–Crippen MR) is 98.1 cm³/mol.